The molecule has 1 aromatic carbocycles. The maximum atomic E-state index is 13.3. The Labute approximate surface area is 156 Å². The Hall–Kier alpha value is -2.93. The predicted octanol–water partition coefficient (Wildman–Crippen LogP) is 1.97. The number of esters is 1. The van der Waals surface area contributed by atoms with E-state index in [0.29, 0.717) is 11.4 Å². The third-order valence-corrected chi connectivity index (χ3v) is 5.54. The summed E-state index contributed by atoms with van der Waals surface area (Å²) in [6, 6.07) is 9.98. The van der Waals surface area contributed by atoms with Crippen molar-refractivity contribution in [3.8, 4) is 0 Å². The summed E-state index contributed by atoms with van der Waals surface area (Å²) in [5.41, 5.74) is 0.186. The van der Waals surface area contributed by atoms with Gasteiger partial charge in [-0.15, -0.1) is 0 Å². The van der Waals surface area contributed by atoms with E-state index in [1.807, 2.05) is 19.1 Å². The van der Waals surface area contributed by atoms with Crippen molar-refractivity contribution in [1.29, 1.82) is 0 Å². The lowest BCUT2D eigenvalue weighted by molar-refractivity contribution is -0.151. The van der Waals surface area contributed by atoms with Crippen LogP contribution in [0, 0.1) is 18.8 Å². The van der Waals surface area contributed by atoms with Gasteiger partial charge in [0.25, 0.3) is 0 Å². The fraction of sp³-hybridized carbons (Fsp3) is 0.350. The van der Waals surface area contributed by atoms with Gasteiger partial charge in [0.15, 0.2) is 0 Å². The maximum absolute atomic E-state index is 13.3. The normalized spacial score (nSPS) is 29.9. The number of carbonyl (C=O) groups is 3. The molecule has 0 bridgehead atoms. The molecule has 2 aliphatic heterocycles. The second kappa shape index (κ2) is 6.06. The number of benzene rings is 1. The molecule has 2 amide bonds. The molecule has 2 fully saturated rings. The van der Waals surface area contributed by atoms with E-state index in [1.165, 1.54) is 18.3 Å². The first-order chi connectivity index (χ1) is 12.9. The average molecular weight is 368 g/mol. The molecule has 0 saturated carbocycles. The van der Waals surface area contributed by atoms with Gasteiger partial charge in [-0.25, -0.2) is 4.90 Å². The fourth-order valence-electron chi connectivity index (χ4n) is 4.20. The van der Waals surface area contributed by atoms with Crippen molar-refractivity contribution in [2.45, 2.75) is 25.4 Å². The molecule has 7 heteroatoms. The highest BCUT2D eigenvalue weighted by molar-refractivity contribution is 6.24. The summed E-state index contributed by atoms with van der Waals surface area (Å²) in [6.45, 7) is 3.53. The van der Waals surface area contributed by atoms with Gasteiger partial charge in [0.1, 0.15) is 11.3 Å². The molecule has 4 rings (SSSR count). The summed E-state index contributed by atoms with van der Waals surface area (Å²) in [6.07, 6.45) is 1.50. The molecule has 2 aromatic rings. The van der Waals surface area contributed by atoms with Crippen molar-refractivity contribution < 1.29 is 23.5 Å². The second-order valence-corrected chi connectivity index (χ2v) is 7.18. The Kier molecular flexibility index (Phi) is 3.92. The zero-order valence-electron chi connectivity index (χ0n) is 15.3. The summed E-state index contributed by atoms with van der Waals surface area (Å²) < 4.78 is 10.4. The minimum Gasteiger partial charge on any atom is -0.468 e. The highest BCUT2D eigenvalue weighted by Crippen LogP contribution is 2.49. The molecule has 27 heavy (non-hydrogen) atoms. The van der Waals surface area contributed by atoms with Gasteiger partial charge in [0, 0.05) is 0 Å². The van der Waals surface area contributed by atoms with Crippen LogP contribution in [-0.4, -0.2) is 30.4 Å². The van der Waals surface area contributed by atoms with Crippen LogP contribution in [0.3, 0.4) is 0 Å². The summed E-state index contributed by atoms with van der Waals surface area (Å²) in [5, 5.41) is 3.13. The highest BCUT2D eigenvalue weighted by Gasteiger charge is 2.67. The number of carbonyl (C=O) groups excluding carboxylic acids is 3. The number of anilines is 1. The molecule has 1 N–H and O–H groups in total. The van der Waals surface area contributed by atoms with E-state index in [0.717, 1.165) is 5.56 Å². The molecular weight excluding hydrogens is 348 g/mol. The zero-order chi connectivity index (χ0) is 19.3. The van der Waals surface area contributed by atoms with Crippen molar-refractivity contribution in [1.82, 2.24) is 5.32 Å². The number of rotatable bonds is 3. The average Bonchev–Trinajstić information content (AvgIpc) is 3.34. The Morgan fingerprint density at radius 2 is 1.89 bits per heavy atom. The lowest BCUT2D eigenvalue weighted by atomic mass is 9.81. The number of nitrogens with zero attached hydrogens (tertiary/aromatic N) is 1. The third-order valence-electron chi connectivity index (χ3n) is 5.54. The number of imide groups is 1. The van der Waals surface area contributed by atoms with Crippen LogP contribution in [0.1, 0.15) is 24.3 Å². The van der Waals surface area contributed by atoms with E-state index in [2.05, 4.69) is 5.32 Å². The molecule has 3 heterocycles. The van der Waals surface area contributed by atoms with Crippen LogP contribution in [0.2, 0.25) is 0 Å². The lowest BCUT2D eigenvalue weighted by Gasteiger charge is -2.28. The Balaban J connectivity index is 1.81. The highest BCUT2D eigenvalue weighted by atomic mass is 16.5. The van der Waals surface area contributed by atoms with E-state index in [-0.39, 0.29) is 5.91 Å². The molecule has 140 valence electrons. The van der Waals surface area contributed by atoms with Crippen LogP contribution in [0.25, 0.3) is 0 Å². The molecule has 0 aliphatic carbocycles. The quantitative estimate of drug-likeness (QED) is 0.658. The van der Waals surface area contributed by atoms with Gasteiger partial charge in [-0.05, 0) is 38.1 Å². The molecule has 2 aliphatic rings. The van der Waals surface area contributed by atoms with Gasteiger partial charge in [0.05, 0.1) is 36.9 Å². The van der Waals surface area contributed by atoms with E-state index in [1.54, 1.807) is 31.2 Å². The van der Waals surface area contributed by atoms with Crippen molar-refractivity contribution in [2.75, 3.05) is 12.0 Å². The van der Waals surface area contributed by atoms with Crippen molar-refractivity contribution in [3.63, 3.8) is 0 Å². The Bertz CT molecular complexity index is 905. The van der Waals surface area contributed by atoms with Gasteiger partial charge in [-0.3, -0.25) is 19.7 Å². The van der Waals surface area contributed by atoms with Crippen LogP contribution in [0.4, 0.5) is 5.69 Å². The predicted molar refractivity (Wildman–Crippen MR) is 95.7 cm³/mol. The van der Waals surface area contributed by atoms with Crippen LogP contribution in [0.15, 0.2) is 47.1 Å². The lowest BCUT2D eigenvalue weighted by Crippen LogP contribution is -2.54. The number of nitrogens with one attached hydrogen (secondary N) is 1. The number of fused-ring (bicyclic) bond motifs is 1. The van der Waals surface area contributed by atoms with Crippen molar-refractivity contribution >= 4 is 23.5 Å². The van der Waals surface area contributed by atoms with Gasteiger partial charge in [-0.1, -0.05) is 17.7 Å². The number of furan rings is 1. The summed E-state index contributed by atoms with van der Waals surface area (Å²) >= 11 is 0. The number of methoxy groups -OCH3 is 1. The summed E-state index contributed by atoms with van der Waals surface area (Å²) in [4.78, 5) is 40.2. The van der Waals surface area contributed by atoms with Crippen molar-refractivity contribution in [3.05, 3.63) is 54.0 Å². The molecule has 0 unspecified atom stereocenters. The van der Waals surface area contributed by atoms with Crippen LogP contribution in [0.5, 0.6) is 0 Å². The molecular formula is C20H20N2O5. The SMILES string of the molecule is COC(=O)[C@]1(C)N[C@H](c2ccco2)[C@@H]2C(=O)N(c3ccc(C)cc3)C(=O)[C@@H]21. The van der Waals surface area contributed by atoms with E-state index in [9.17, 15) is 14.4 Å². The van der Waals surface area contributed by atoms with Crippen LogP contribution < -0.4 is 10.2 Å². The standard InChI is InChI=1S/C20H20N2O5/c1-11-6-8-12(9-7-11)22-17(23)14-15(18(22)24)20(2,19(25)26-3)21-16(14)13-5-4-10-27-13/h4-10,14-16,21H,1-3H3/t14-,15-,16-,20-/m1/s1. The van der Waals surface area contributed by atoms with Gasteiger partial charge in [-0.2, -0.15) is 0 Å². The molecule has 0 spiro atoms. The number of aryl methyl sites for hydroxylation is 1. The van der Waals surface area contributed by atoms with Crippen LogP contribution in [-0.2, 0) is 19.1 Å². The van der Waals surface area contributed by atoms with Gasteiger partial charge < -0.3 is 9.15 Å². The largest absolute Gasteiger partial charge is 0.468 e. The molecule has 4 atom stereocenters. The summed E-state index contributed by atoms with van der Waals surface area (Å²) in [5.74, 6) is -2.48. The molecule has 2 saturated heterocycles. The van der Waals surface area contributed by atoms with Gasteiger partial charge >= 0.3 is 5.97 Å². The van der Waals surface area contributed by atoms with E-state index < -0.39 is 35.3 Å². The van der Waals surface area contributed by atoms with Crippen LogP contribution >= 0.6 is 0 Å². The Morgan fingerprint density at radius 3 is 2.48 bits per heavy atom. The number of amides is 2. The smallest absolute Gasteiger partial charge is 0.326 e. The Morgan fingerprint density at radius 1 is 1.19 bits per heavy atom. The minimum absolute atomic E-state index is 0.351. The first kappa shape index (κ1) is 17.5. The van der Waals surface area contributed by atoms with E-state index in [4.69, 9.17) is 9.15 Å². The van der Waals surface area contributed by atoms with E-state index >= 15 is 0 Å². The summed E-state index contributed by atoms with van der Waals surface area (Å²) in [7, 11) is 1.27. The second-order valence-electron chi connectivity index (χ2n) is 7.18. The number of hydrogen-bond donors (Lipinski definition) is 1. The molecule has 0 radical (unpaired) electrons. The topological polar surface area (TPSA) is 88.8 Å². The van der Waals surface area contributed by atoms with Crippen molar-refractivity contribution in [2.24, 2.45) is 11.8 Å². The number of ether oxygens (including phenoxy) is 1. The maximum Gasteiger partial charge on any atom is 0.326 e. The fourth-order valence-corrected chi connectivity index (χ4v) is 4.20. The molecule has 7 nitrogen and oxygen atoms in total. The monoisotopic (exact) mass is 368 g/mol. The number of hydrogen-bond acceptors (Lipinski definition) is 6. The minimum atomic E-state index is -1.33. The van der Waals surface area contributed by atoms with Gasteiger partial charge in [0.2, 0.25) is 11.8 Å². The first-order valence-corrected chi connectivity index (χ1v) is 8.72. The molecule has 1 aromatic heterocycles. The first-order valence-electron chi connectivity index (χ1n) is 8.72. The third kappa shape index (κ3) is 2.42. The zero-order valence-corrected chi connectivity index (χ0v) is 15.3.